The first-order valence-corrected chi connectivity index (χ1v) is 7.91. The maximum Gasteiger partial charge on any atom is 0.345 e. The van der Waals surface area contributed by atoms with Crippen LogP contribution in [0.5, 0.6) is 0 Å². The molecule has 0 radical (unpaired) electrons. The van der Waals surface area contributed by atoms with E-state index in [0.717, 1.165) is 0 Å². The molecule has 2 N–H and O–H groups in total. The zero-order valence-electron chi connectivity index (χ0n) is 14.6. The van der Waals surface area contributed by atoms with Crippen LogP contribution in [0.15, 0.2) is 0 Å². The van der Waals surface area contributed by atoms with Gasteiger partial charge in [-0.2, -0.15) is 0 Å². The van der Waals surface area contributed by atoms with Gasteiger partial charge < -0.3 is 19.7 Å². The normalized spacial score (nSPS) is 15.8. The summed E-state index contributed by atoms with van der Waals surface area (Å²) >= 11 is 0. The van der Waals surface area contributed by atoms with Gasteiger partial charge in [-0.25, -0.2) is 9.59 Å². The fourth-order valence-electron chi connectivity index (χ4n) is 1.36. The summed E-state index contributed by atoms with van der Waals surface area (Å²) in [5.74, 6) is -3.62. The molecular formula is C16H26O8. The Hall–Kier alpha value is -1.80. The van der Waals surface area contributed by atoms with Gasteiger partial charge >= 0.3 is 23.9 Å². The van der Waals surface area contributed by atoms with Crippen molar-refractivity contribution < 1.29 is 38.9 Å². The third kappa shape index (κ3) is 7.65. The monoisotopic (exact) mass is 346 g/mol. The molecule has 0 aliphatic heterocycles. The van der Waals surface area contributed by atoms with E-state index in [1.807, 2.05) is 0 Å². The zero-order valence-corrected chi connectivity index (χ0v) is 14.6. The molecular weight excluding hydrogens is 320 g/mol. The highest BCUT2D eigenvalue weighted by Crippen LogP contribution is 2.13. The first-order chi connectivity index (χ1) is 11.0. The summed E-state index contributed by atoms with van der Waals surface area (Å²) in [6.45, 7) is 5.66. The fourth-order valence-corrected chi connectivity index (χ4v) is 1.36. The van der Waals surface area contributed by atoms with E-state index >= 15 is 0 Å². The van der Waals surface area contributed by atoms with E-state index in [1.54, 1.807) is 13.8 Å². The average molecular weight is 346 g/mol. The molecule has 0 heterocycles. The van der Waals surface area contributed by atoms with Gasteiger partial charge in [0.15, 0.2) is 11.2 Å². The van der Waals surface area contributed by atoms with Gasteiger partial charge in [-0.15, -0.1) is 0 Å². The lowest BCUT2D eigenvalue weighted by atomic mass is 10.0. The van der Waals surface area contributed by atoms with E-state index in [4.69, 9.17) is 0 Å². The number of carbonyl (C=O) groups excluding carboxylic acids is 4. The van der Waals surface area contributed by atoms with Crippen LogP contribution in [0.25, 0.3) is 0 Å². The minimum Gasteiger partial charge on any atom is -0.391 e. The Bertz CT molecular complexity index is 434. The summed E-state index contributed by atoms with van der Waals surface area (Å²) in [6, 6.07) is 0. The van der Waals surface area contributed by atoms with Crippen molar-refractivity contribution in [1.82, 2.24) is 0 Å². The van der Waals surface area contributed by atoms with Gasteiger partial charge in [0.2, 0.25) is 0 Å². The highest BCUT2D eigenvalue weighted by atomic mass is 16.6. The van der Waals surface area contributed by atoms with Gasteiger partial charge in [0, 0.05) is 12.8 Å². The zero-order chi connectivity index (χ0) is 19.0. The molecule has 0 saturated heterocycles. The Labute approximate surface area is 141 Å². The van der Waals surface area contributed by atoms with Gasteiger partial charge in [-0.1, -0.05) is 13.8 Å². The number of esters is 4. The summed E-state index contributed by atoms with van der Waals surface area (Å²) < 4.78 is 9.01. The molecule has 8 heteroatoms. The predicted molar refractivity (Wildman–Crippen MR) is 82.5 cm³/mol. The van der Waals surface area contributed by atoms with Crippen LogP contribution in [0.2, 0.25) is 0 Å². The number of ether oxygens (including phenoxy) is 2. The minimum atomic E-state index is -1.71. The molecule has 0 amide bonds. The summed E-state index contributed by atoms with van der Waals surface area (Å²) in [6.07, 6.45) is 0.488. The van der Waals surface area contributed by atoms with Crippen molar-refractivity contribution in [3.05, 3.63) is 0 Å². The van der Waals surface area contributed by atoms with Gasteiger partial charge in [0.1, 0.15) is 0 Å². The topological polar surface area (TPSA) is 127 Å². The molecule has 0 aromatic heterocycles. The Morgan fingerprint density at radius 2 is 1.04 bits per heavy atom. The average Bonchev–Trinajstić information content (AvgIpc) is 2.51. The summed E-state index contributed by atoms with van der Waals surface area (Å²) in [4.78, 5) is 45.8. The maximum absolute atomic E-state index is 11.5. The van der Waals surface area contributed by atoms with E-state index in [-0.39, 0.29) is 38.5 Å². The van der Waals surface area contributed by atoms with E-state index < -0.39 is 35.1 Å². The highest BCUT2D eigenvalue weighted by Gasteiger charge is 2.32. The number of carbonyl (C=O) groups is 4. The van der Waals surface area contributed by atoms with Crippen molar-refractivity contribution in [2.75, 3.05) is 0 Å². The molecule has 8 nitrogen and oxygen atoms in total. The second kappa shape index (κ2) is 9.48. The molecule has 2 unspecified atom stereocenters. The van der Waals surface area contributed by atoms with Gasteiger partial charge in [0.05, 0.1) is 0 Å². The van der Waals surface area contributed by atoms with Crippen LogP contribution in [0.4, 0.5) is 0 Å². The summed E-state index contributed by atoms with van der Waals surface area (Å²) in [5.41, 5.74) is -3.42. The van der Waals surface area contributed by atoms with Crippen LogP contribution in [0.1, 0.15) is 66.2 Å². The Morgan fingerprint density at radius 1 is 0.750 bits per heavy atom. The third-order valence-corrected chi connectivity index (χ3v) is 3.68. The SMILES string of the molecule is CCC(C)(O)C(=O)OC(=O)CCCCC(=O)OC(=O)C(C)(O)CC. The van der Waals surface area contributed by atoms with Crippen molar-refractivity contribution >= 4 is 23.9 Å². The first kappa shape index (κ1) is 22.2. The van der Waals surface area contributed by atoms with Crippen molar-refractivity contribution in [3.8, 4) is 0 Å². The fraction of sp³-hybridized carbons (Fsp3) is 0.750. The van der Waals surface area contributed by atoms with Gasteiger partial charge in [0.25, 0.3) is 0 Å². The number of aliphatic hydroxyl groups is 2. The van der Waals surface area contributed by atoms with Crippen molar-refractivity contribution in [2.24, 2.45) is 0 Å². The van der Waals surface area contributed by atoms with E-state index in [1.165, 1.54) is 13.8 Å². The third-order valence-electron chi connectivity index (χ3n) is 3.68. The van der Waals surface area contributed by atoms with E-state index in [2.05, 4.69) is 9.47 Å². The molecule has 0 aromatic rings. The smallest absolute Gasteiger partial charge is 0.345 e. The van der Waals surface area contributed by atoms with Crippen LogP contribution < -0.4 is 0 Å². The Morgan fingerprint density at radius 3 is 1.29 bits per heavy atom. The van der Waals surface area contributed by atoms with Gasteiger partial charge in [-0.05, 0) is 39.5 Å². The second-order valence-electron chi connectivity index (χ2n) is 5.98. The number of unbranched alkanes of at least 4 members (excludes halogenated alkanes) is 1. The first-order valence-electron chi connectivity index (χ1n) is 7.91. The maximum atomic E-state index is 11.5. The molecule has 24 heavy (non-hydrogen) atoms. The lowest BCUT2D eigenvalue weighted by Crippen LogP contribution is -2.37. The molecule has 0 saturated carbocycles. The van der Waals surface area contributed by atoms with Crippen LogP contribution >= 0.6 is 0 Å². The highest BCUT2D eigenvalue weighted by molar-refractivity contribution is 5.90. The largest absolute Gasteiger partial charge is 0.391 e. The van der Waals surface area contributed by atoms with Crippen molar-refractivity contribution in [2.45, 2.75) is 77.4 Å². The molecule has 0 aromatic carbocycles. The number of hydrogen-bond acceptors (Lipinski definition) is 8. The van der Waals surface area contributed by atoms with Crippen molar-refractivity contribution in [3.63, 3.8) is 0 Å². The standard InChI is InChI=1S/C16H26O8/c1-5-15(3,21)13(19)23-11(17)9-7-8-10-12(18)24-14(20)16(4,22)6-2/h21-22H,5-10H2,1-4H3. The van der Waals surface area contributed by atoms with E-state index in [0.29, 0.717) is 0 Å². The van der Waals surface area contributed by atoms with Gasteiger partial charge in [-0.3, -0.25) is 9.59 Å². The summed E-state index contributed by atoms with van der Waals surface area (Å²) in [7, 11) is 0. The lowest BCUT2D eigenvalue weighted by molar-refractivity contribution is -0.175. The van der Waals surface area contributed by atoms with E-state index in [9.17, 15) is 29.4 Å². The molecule has 0 fully saturated rings. The summed E-state index contributed by atoms with van der Waals surface area (Å²) in [5, 5.41) is 19.2. The van der Waals surface area contributed by atoms with Crippen molar-refractivity contribution in [1.29, 1.82) is 0 Å². The van der Waals surface area contributed by atoms with Crippen LogP contribution in [-0.2, 0) is 28.7 Å². The minimum absolute atomic E-state index is 0.112. The molecule has 0 bridgehead atoms. The molecule has 0 spiro atoms. The Balaban J connectivity index is 4.06. The molecule has 0 aliphatic rings. The number of hydrogen-bond donors (Lipinski definition) is 2. The van der Waals surface area contributed by atoms with Crippen LogP contribution in [0.3, 0.4) is 0 Å². The molecule has 138 valence electrons. The molecule has 0 rings (SSSR count). The number of rotatable bonds is 9. The molecule has 0 aliphatic carbocycles. The quantitative estimate of drug-likeness (QED) is 0.360. The second-order valence-corrected chi connectivity index (χ2v) is 5.98. The predicted octanol–water partition coefficient (Wildman–Crippen LogP) is 1.01. The van der Waals surface area contributed by atoms with Crippen LogP contribution in [0, 0.1) is 0 Å². The van der Waals surface area contributed by atoms with Crippen LogP contribution in [-0.4, -0.2) is 45.3 Å². The lowest BCUT2D eigenvalue weighted by Gasteiger charge is -2.18. The molecule has 2 atom stereocenters. The Kier molecular flexibility index (Phi) is 8.77.